The van der Waals surface area contributed by atoms with Crippen LogP contribution in [0.15, 0.2) is 30.7 Å². The molecule has 2 heterocycles. The summed E-state index contributed by atoms with van der Waals surface area (Å²) in [7, 11) is 1.94. The molecule has 0 fully saturated rings. The molecule has 2 aromatic heterocycles. The van der Waals surface area contributed by atoms with Crippen LogP contribution in [0.5, 0.6) is 0 Å². The van der Waals surface area contributed by atoms with E-state index in [1.54, 1.807) is 6.20 Å². The number of aryl methyl sites for hydroxylation is 1. The van der Waals surface area contributed by atoms with Crippen molar-refractivity contribution in [2.75, 3.05) is 5.73 Å². The molecule has 0 amide bonds. The number of nitrogens with two attached hydrogens (primary N) is 1. The van der Waals surface area contributed by atoms with E-state index >= 15 is 0 Å². The average molecular weight is 188 g/mol. The van der Waals surface area contributed by atoms with Gasteiger partial charge in [0.1, 0.15) is 11.6 Å². The maximum atomic E-state index is 5.59. The molecule has 4 heteroatoms. The van der Waals surface area contributed by atoms with E-state index in [0.29, 0.717) is 5.82 Å². The minimum absolute atomic E-state index is 0.561. The Morgan fingerprint density at radius 2 is 2.36 bits per heavy atom. The zero-order valence-electron chi connectivity index (χ0n) is 8.01. The van der Waals surface area contributed by atoms with Crippen molar-refractivity contribution in [2.45, 2.75) is 6.42 Å². The fourth-order valence-corrected chi connectivity index (χ4v) is 1.38. The van der Waals surface area contributed by atoms with E-state index in [4.69, 9.17) is 5.73 Å². The van der Waals surface area contributed by atoms with E-state index < -0.39 is 0 Å². The molecular formula is C10H12N4. The molecule has 4 nitrogen and oxygen atoms in total. The lowest BCUT2D eigenvalue weighted by molar-refractivity contribution is 0.820. The summed E-state index contributed by atoms with van der Waals surface area (Å²) < 4.78 is 1.93. The quantitative estimate of drug-likeness (QED) is 0.764. The molecular weight excluding hydrogens is 176 g/mol. The van der Waals surface area contributed by atoms with Gasteiger partial charge in [-0.05, 0) is 11.6 Å². The number of pyridine rings is 1. The number of hydrogen-bond donors (Lipinski definition) is 1. The second-order valence-electron chi connectivity index (χ2n) is 3.23. The molecule has 0 aliphatic carbocycles. The van der Waals surface area contributed by atoms with E-state index in [9.17, 15) is 0 Å². The topological polar surface area (TPSA) is 56.7 Å². The number of imidazole rings is 1. The standard InChI is InChI=1S/C10H12N4/c1-14-7-9(11)13-10(14)5-8-3-2-4-12-6-8/h2-4,6-7H,5,11H2,1H3. The zero-order valence-corrected chi connectivity index (χ0v) is 8.01. The Labute approximate surface area is 82.4 Å². The molecule has 2 N–H and O–H groups in total. The Hall–Kier alpha value is -1.84. The Balaban J connectivity index is 2.23. The maximum Gasteiger partial charge on any atom is 0.141 e. The van der Waals surface area contributed by atoms with Crippen molar-refractivity contribution in [1.82, 2.24) is 14.5 Å². The number of rotatable bonds is 2. The number of anilines is 1. The van der Waals surface area contributed by atoms with Gasteiger partial charge in [0.25, 0.3) is 0 Å². The van der Waals surface area contributed by atoms with Gasteiger partial charge >= 0.3 is 0 Å². The van der Waals surface area contributed by atoms with E-state index in [0.717, 1.165) is 17.8 Å². The van der Waals surface area contributed by atoms with E-state index in [1.807, 2.05) is 36.1 Å². The fraction of sp³-hybridized carbons (Fsp3) is 0.200. The summed E-state index contributed by atoms with van der Waals surface area (Å²) in [4.78, 5) is 8.27. The number of hydrogen-bond acceptors (Lipinski definition) is 3. The minimum Gasteiger partial charge on any atom is -0.382 e. The third-order valence-electron chi connectivity index (χ3n) is 2.08. The van der Waals surface area contributed by atoms with Gasteiger partial charge in [-0.2, -0.15) is 0 Å². The van der Waals surface area contributed by atoms with Crippen molar-refractivity contribution < 1.29 is 0 Å². The second-order valence-corrected chi connectivity index (χ2v) is 3.23. The van der Waals surface area contributed by atoms with Crippen LogP contribution in [0.1, 0.15) is 11.4 Å². The normalized spacial score (nSPS) is 10.4. The molecule has 0 aromatic carbocycles. The predicted molar refractivity (Wildman–Crippen MR) is 54.7 cm³/mol. The van der Waals surface area contributed by atoms with Gasteiger partial charge in [-0.3, -0.25) is 4.98 Å². The summed E-state index contributed by atoms with van der Waals surface area (Å²) in [6.45, 7) is 0. The van der Waals surface area contributed by atoms with Crippen LogP contribution < -0.4 is 5.73 Å². The van der Waals surface area contributed by atoms with Crippen molar-refractivity contribution in [3.05, 3.63) is 42.1 Å². The highest BCUT2D eigenvalue weighted by atomic mass is 15.1. The van der Waals surface area contributed by atoms with Gasteiger partial charge in [0.05, 0.1) is 0 Å². The summed E-state index contributed by atoms with van der Waals surface area (Å²) in [6.07, 6.45) is 6.17. The molecule has 72 valence electrons. The van der Waals surface area contributed by atoms with E-state index in [1.165, 1.54) is 0 Å². The van der Waals surface area contributed by atoms with Crippen LogP contribution in [0, 0.1) is 0 Å². The zero-order chi connectivity index (χ0) is 9.97. The van der Waals surface area contributed by atoms with E-state index in [2.05, 4.69) is 9.97 Å². The van der Waals surface area contributed by atoms with Crippen molar-refractivity contribution in [3.8, 4) is 0 Å². The van der Waals surface area contributed by atoms with Crippen molar-refractivity contribution in [3.63, 3.8) is 0 Å². The summed E-state index contributed by atoms with van der Waals surface area (Å²) >= 11 is 0. The van der Waals surface area contributed by atoms with Crippen molar-refractivity contribution in [1.29, 1.82) is 0 Å². The van der Waals surface area contributed by atoms with Crippen LogP contribution >= 0.6 is 0 Å². The monoisotopic (exact) mass is 188 g/mol. The van der Waals surface area contributed by atoms with Gasteiger partial charge in [-0.15, -0.1) is 0 Å². The first-order valence-corrected chi connectivity index (χ1v) is 4.42. The average Bonchev–Trinajstić information content (AvgIpc) is 2.47. The molecule has 0 saturated heterocycles. The van der Waals surface area contributed by atoms with E-state index in [-0.39, 0.29) is 0 Å². The van der Waals surface area contributed by atoms with Crippen LogP contribution in [0.2, 0.25) is 0 Å². The van der Waals surface area contributed by atoms with Gasteiger partial charge in [0.2, 0.25) is 0 Å². The Bertz CT molecular complexity index is 419. The van der Waals surface area contributed by atoms with Gasteiger partial charge in [-0.25, -0.2) is 4.98 Å². The van der Waals surface area contributed by atoms with Crippen LogP contribution in [0.25, 0.3) is 0 Å². The van der Waals surface area contributed by atoms with Gasteiger partial charge in [0, 0.05) is 32.1 Å². The summed E-state index contributed by atoms with van der Waals surface area (Å²) in [5.41, 5.74) is 6.73. The largest absolute Gasteiger partial charge is 0.382 e. The summed E-state index contributed by atoms with van der Waals surface area (Å²) in [5.74, 6) is 1.52. The minimum atomic E-state index is 0.561. The molecule has 0 aliphatic heterocycles. The van der Waals surface area contributed by atoms with Gasteiger partial charge in [0.15, 0.2) is 0 Å². The van der Waals surface area contributed by atoms with Crippen molar-refractivity contribution >= 4 is 5.82 Å². The first kappa shape index (κ1) is 8.74. The van der Waals surface area contributed by atoms with Crippen LogP contribution in [-0.2, 0) is 13.5 Å². The molecule has 2 rings (SSSR count). The Morgan fingerprint density at radius 3 is 2.93 bits per heavy atom. The molecule has 2 aromatic rings. The van der Waals surface area contributed by atoms with Gasteiger partial charge in [-0.1, -0.05) is 6.07 Å². The SMILES string of the molecule is Cn1cc(N)nc1Cc1cccnc1. The maximum absolute atomic E-state index is 5.59. The first-order chi connectivity index (χ1) is 6.75. The predicted octanol–water partition coefficient (Wildman–Crippen LogP) is 0.988. The Morgan fingerprint density at radius 1 is 1.50 bits per heavy atom. The lowest BCUT2D eigenvalue weighted by Crippen LogP contribution is -1.98. The molecule has 14 heavy (non-hydrogen) atoms. The number of nitrogen functional groups attached to an aromatic ring is 1. The molecule has 0 spiro atoms. The van der Waals surface area contributed by atoms with Crippen LogP contribution in [-0.4, -0.2) is 14.5 Å². The number of nitrogens with zero attached hydrogens (tertiary/aromatic N) is 3. The van der Waals surface area contributed by atoms with Gasteiger partial charge < -0.3 is 10.3 Å². The summed E-state index contributed by atoms with van der Waals surface area (Å²) in [5, 5.41) is 0. The van der Waals surface area contributed by atoms with Crippen LogP contribution in [0.3, 0.4) is 0 Å². The molecule has 0 bridgehead atoms. The highest BCUT2D eigenvalue weighted by Gasteiger charge is 2.03. The van der Waals surface area contributed by atoms with Crippen molar-refractivity contribution in [2.24, 2.45) is 7.05 Å². The Kier molecular flexibility index (Phi) is 2.18. The molecule has 0 aliphatic rings. The second kappa shape index (κ2) is 3.49. The molecule has 0 saturated carbocycles. The lowest BCUT2D eigenvalue weighted by atomic mass is 10.2. The lowest BCUT2D eigenvalue weighted by Gasteiger charge is -2.00. The third kappa shape index (κ3) is 1.74. The smallest absolute Gasteiger partial charge is 0.141 e. The summed E-state index contributed by atoms with van der Waals surface area (Å²) in [6, 6.07) is 3.94. The highest BCUT2D eigenvalue weighted by Crippen LogP contribution is 2.08. The molecule has 0 atom stereocenters. The molecule has 0 unspecified atom stereocenters. The fourth-order valence-electron chi connectivity index (χ4n) is 1.38. The molecule has 0 radical (unpaired) electrons. The first-order valence-electron chi connectivity index (χ1n) is 4.42. The third-order valence-corrected chi connectivity index (χ3v) is 2.08. The highest BCUT2D eigenvalue weighted by molar-refractivity contribution is 5.27. The number of aromatic nitrogens is 3. The van der Waals surface area contributed by atoms with Crippen LogP contribution in [0.4, 0.5) is 5.82 Å².